The Labute approximate surface area is 122 Å². The van der Waals surface area contributed by atoms with Crippen molar-refractivity contribution in [3.05, 3.63) is 72.4 Å². The van der Waals surface area contributed by atoms with Gasteiger partial charge < -0.3 is 5.73 Å². The molecule has 0 radical (unpaired) electrons. The number of aromatic nitrogens is 2. The molecule has 3 aromatic rings. The molecular weight excluding hydrogens is 264 g/mol. The number of imidazole rings is 1. The summed E-state index contributed by atoms with van der Waals surface area (Å²) in [4.78, 5) is 16.4. The van der Waals surface area contributed by atoms with Crippen LogP contribution in [0.25, 0.3) is 11.3 Å². The average Bonchev–Trinajstić information content (AvgIpc) is 2.90. The fourth-order valence-electron chi connectivity index (χ4n) is 2.00. The van der Waals surface area contributed by atoms with Crippen LogP contribution in [0, 0.1) is 0 Å². The lowest BCUT2D eigenvalue weighted by atomic mass is 10.2. The summed E-state index contributed by atoms with van der Waals surface area (Å²) in [5.41, 5.74) is 10.8. The third-order valence-corrected chi connectivity index (χ3v) is 3.06. The first-order chi connectivity index (χ1) is 10.2. The third-order valence-electron chi connectivity index (χ3n) is 3.06. The Morgan fingerprint density at radius 2 is 1.62 bits per heavy atom. The second-order valence-electron chi connectivity index (χ2n) is 4.53. The number of carbonyl (C=O) groups excluding carboxylic acids is 1. The number of nitrogens with zero attached hydrogens (tertiary/aromatic N) is 2. The van der Waals surface area contributed by atoms with Gasteiger partial charge in [-0.1, -0.05) is 48.5 Å². The van der Waals surface area contributed by atoms with Gasteiger partial charge in [-0.2, -0.15) is 0 Å². The van der Waals surface area contributed by atoms with Crippen molar-refractivity contribution in [1.82, 2.24) is 9.66 Å². The molecule has 0 saturated heterocycles. The highest BCUT2D eigenvalue weighted by atomic mass is 16.2. The largest absolute Gasteiger partial charge is 0.368 e. The fraction of sp³-hybridized carbons (Fsp3) is 0. The zero-order valence-corrected chi connectivity index (χ0v) is 11.2. The predicted molar refractivity (Wildman–Crippen MR) is 82.2 cm³/mol. The van der Waals surface area contributed by atoms with Crippen LogP contribution >= 0.6 is 0 Å². The van der Waals surface area contributed by atoms with Gasteiger partial charge in [0.25, 0.3) is 5.91 Å². The summed E-state index contributed by atoms with van der Waals surface area (Å²) in [5, 5.41) is 0. The Bertz CT molecular complexity index is 750. The minimum absolute atomic E-state index is 0.234. The van der Waals surface area contributed by atoms with Gasteiger partial charge in [0.2, 0.25) is 5.95 Å². The van der Waals surface area contributed by atoms with Crippen LogP contribution < -0.4 is 11.2 Å². The first kappa shape index (κ1) is 12.9. The Hall–Kier alpha value is -3.08. The van der Waals surface area contributed by atoms with E-state index in [1.54, 1.807) is 18.3 Å². The number of amides is 1. The highest BCUT2D eigenvalue weighted by Gasteiger charge is 2.10. The lowest BCUT2D eigenvalue weighted by Gasteiger charge is -2.06. The molecule has 0 unspecified atom stereocenters. The van der Waals surface area contributed by atoms with E-state index in [0.717, 1.165) is 5.56 Å². The molecule has 0 spiro atoms. The van der Waals surface area contributed by atoms with Crippen LogP contribution in [0.4, 0.5) is 5.95 Å². The number of benzene rings is 2. The molecule has 3 N–H and O–H groups in total. The van der Waals surface area contributed by atoms with Gasteiger partial charge in [0.05, 0.1) is 11.9 Å². The number of hydrogen-bond donors (Lipinski definition) is 2. The van der Waals surface area contributed by atoms with Crippen molar-refractivity contribution in [2.75, 3.05) is 11.2 Å². The minimum atomic E-state index is -0.237. The van der Waals surface area contributed by atoms with Crippen molar-refractivity contribution < 1.29 is 4.79 Å². The number of hydrogen-bond acceptors (Lipinski definition) is 3. The third kappa shape index (κ3) is 2.76. The fourth-order valence-corrected chi connectivity index (χ4v) is 2.00. The molecule has 0 aliphatic rings. The van der Waals surface area contributed by atoms with Crippen LogP contribution in [-0.4, -0.2) is 15.6 Å². The average molecular weight is 278 g/mol. The van der Waals surface area contributed by atoms with E-state index in [9.17, 15) is 4.79 Å². The highest BCUT2D eigenvalue weighted by Crippen LogP contribution is 2.18. The normalized spacial score (nSPS) is 10.3. The van der Waals surface area contributed by atoms with Crippen LogP contribution in [0.5, 0.6) is 0 Å². The van der Waals surface area contributed by atoms with Gasteiger partial charge >= 0.3 is 0 Å². The molecule has 104 valence electrons. The molecule has 1 heterocycles. The van der Waals surface area contributed by atoms with Gasteiger partial charge in [-0.05, 0) is 12.1 Å². The van der Waals surface area contributed by atoms with Crippen molar-refractivity contribution in [3.63, 3.8) is 0 Å². The van der Waals surface area contributed by atoms with Gasteiger partial charge in [0.1, 0.15) is 0 Å². The number of rotatable bonds is 3. The molecule has 0 atom stereocenters. The van der Waals surface area contributed by atoms with E-state index in [4.69, 9.17) is 5.73 Å². The predicted octanol–water partition coefficient (Wildman–Crippen LogP) is 2.52. The summed E-state index contributed by atoms with van der Waals surface area (Å²) in [6.07, 6.45) is 1.70. The summed E-state index contributed by atoms with van der Waals surface area (Å²) in [6.45, 7) is 0. The SMILES string of the molecule is Nc1nc(-c2ccccc2)cn1NC(=O)c1ccccc1. The zero-order chi connectivity index (χ0) is 14.7. The maximum Gasteiger partial charge on any atom is 0.270 e. The van der Waals surface area contributed by atoms with Crippen LogP contribution in [0.15, 0.2) is 66.9 Å². The summed E-state index contributed by atoms with van der Waals surface area (Å²) in [5.74, 6) is -0.00236. The molecule has 2 aromatic carbocycles. The summed E-state index contributed by atoms with van der Waals surface area (Å²) in [7, 11) is 0. The maximum absolute atomic E-state index is 12.1. The number of nitrogens with two attached hydrogens (primary N) is 1. The van der Waals surface area contributed by atoms with E-state index in [2.05, 4.69) is 10.4 Å². The summed E-state index contributed by atoms with van der Waals surface area (Å²) >= 11 is 0. The van der Waals surface area contributed by atoms with Gasteiger partial charge in [0.15, 0.2) is 0 Å². The molecule has 1 amide bonds. The molecule has 0 bridgehead atoms. The number of carbonyl (C=O) groups is 1. The smallest absolute Gasteiger partial charge is 0.270 e. The van der Waals surface area contributed by atoms with E-state index < -0.39 is 0 Å². The van der Waals surface area contributed by atoms with Gasteiger partial charge in [-0.15, -0.1) is 0 Å². The van der Waals surface area contributed by atoms with Crippen molar-refractivity contribution >= 4 is 11.9 Å². The first-order valence-corrected chi connectivity index (χ1v) is 6.51. The van der Waals surface area contributed by atoms with Crippen LogP contribution in [-0.2, 0) is 0 Å². The van der Waals surface area contributed by atoms with E-state index in [0.29, 0.717) is 11.3 Å². The number of nitrogen functional groups attached to an aromatic ring is 1. The molecule has 3 rings (SSSR count). The molecular formula is C16H14N4O. The lowest BCUT2D eigenvalue weighted by molar-refractivity contribution is 0.101. The topological polar surface area (TPSA) is 72.9 Å². The van der Waals surface area contributed by atoms with E-state index in [-0.39, 0.29) is 11.9 Å². The van der Waals surface area contributed by atoms with Crippen molar-refractivity contribution in [3.8, 4) is 11.3 Å². The lowest BCUT2D eigenvalue weighted by Crippen LogP contribution is -2.23. The van der Waals surface area contributed by atoms with Gasteiger partial charge in [-0.25, -0.2) is 9.66 Å². The Morgan fingerprint density at radius 1 is 1.00 bits per heavy atom. The van der Waals surface area contributed by atoms with Gasteiger partial charge in [-0.3, -0.25) is 10.2 Å². The first-order valence-electron chi connectivity index (χ1n) is 6.51. The van der Waals surface area contributed by atoms with Crippen LogP contribution in [0.3, 0.4) is 0 Å². The van der Waals surface area contributed by atoms with Crippen molar-refractivity contribution in [2.24, 2.45) is 0 Å². The molecule has 0 aliphatic heterocycles. The maximum atomic E-state index is 12.1. The summed E-state index contributed by atoms with van der Waals surface area (Å²) < 4.78 is 1.43. The monoisotopic (exact) mass is 278 g/mol. The molecule has 0 fully saturated rings. The second-order valence-corrected chi connectivity index (χ2v) is 4.53. The Balaban J connectivity index is 1.84. The van der Waals surface area contributed by atoms with E-state index in [1.165, 1.54) is 4.68 Å². The quantitative estimate of drug-likeness (QED) is 0.773. The van der Waals surface area contributed by atoms with E-state index >= 15 is 0 Å². The molecule has 0 aliphatic carbocycles. The van der Waals surface area contributed by atoms with Crippen molar-refractivity contribution in [1.29, 1.82) is 0 Å². The zero-order valence-electron chi connectivity index (χ0n) is 11.2. The Kier molecular flexibility index (Phi) is 3.39. The van der Waals surface area contributed by atoms with Crippen LogP contribution in [0.2, 0.25) is 0 Å². The second kappa shape index (κ2) is 5.50. The Morgan fingerprint density at radius 3 is 2.29 bits per heavy atom. The molecule has 5 nitrogen and oxygen atoms in total. The van der Waals surface area contributed by atoms with E-state index in [1.807, 2.05) is 48.5 Å². The number of nitrogens with one attached hydrogen (secondary N) is 1. The number of anilines is 1. The molecule has 0 saturated carbocycles. The molecule has 5 heteroatoms. The highest BCUT2D eigenvalue weighted by molar-refractivity contribution is 6.00. The molecule has 1 aromatic heterocycles. The summed E-state index contributed by atoms with van der Waals surface area (Å²) in [6, 6.07) is 18.6. The van der Waals surface area contributed by atoms with Crippen molar-refractivity contribution in [2.45, 2.75) is 0 Å². The standard InChI is InChI=1S/C16H14N4O/c17-16-18-14(12-7-3-1-4-8-12)11-20(16)19-15(21)13-9-5-2-6-10-13/h1-11H,(H2,17,18)(H,19,21). The molecule has 21 heavy (non-hydrogen) atoms. The minimum Gasteiger partial charge on any atom is -0.368 e. The van der Waals surface area contributed by atoms with Gasteiger partial charge in [0, 0.05) is 11.1 Å². The van der Waals surface area contributed by atoms with Crippen LogP contribution in [0.1, 0.15) is 10.4 Å².